The smallest absolute Gasteiger partial charge is 0.255 e. The standard InChI is InChI=1S/C12H8Cl2FN3O2/c1-20-8-4-6(2-3-7(8)15)12(19)18-9-10(13)16-5-17-11(9)14/h2-5H,1H3,(H,18,19). The Morgan fingerprint density at radius 3 is 2.55 bits per heavy atom. The highest BCUT2D eigenvalue weighted by molar-refractivity contribution is 6.38. The number of hydrogen-bond donors (Lipinski definition) is 1. The van der Waals surface area contributed by atoms with Crippen LogP contribution in [0.25, 0.3) is 0 Å². The van der Waals surface area contributed by atoms with Crippen molar-refractivity contribution in [2.75, 3.05) is 12.4 Å². The second kappa shape index (κ2) is 6.02. The molecule has 1 aromatic carbocycles. The van der Waals surface area contributed by atoms with E-state index in [2.05, 4.69) is 15.3 Å². The molecule has 0 atom stereocenters. The number of methoxy groups -OCH3 is 1. The molecular formula is C12H8Cl2FN3O2. The van der Waals surface area contributed by atoms with Gasteiger partial charge in [0, 0.05) is 5.56 Å². The van der Waals surface area contributed by atoms with E-state index in [-0.39, 0.29) is 27.3 Å². The highest BCUT2D eigenvalue weighted by Gasteiger charge is 2.15. The molecule has 0 fully saturated rings. The molecule has 5 nitrogen and oxygen atoms in total. The Hall–Kier alpha value is -1.92. The molecule has 0 radical (unpaired) electrons. The number of halogens is 3. The van der Waals surface area contributed by atoms with Crippen molar-refractivity contribution in [3.63, 3.8) is 0 Å². The number of hydrogen-bond acceptors (Lipinski definition) is 4. The van der Waals surface area contributed by atoms with E-state index in [4.69, 9.17) is 27.9 Å². The molecule has 0 saturated carbocycles. The van der Waals surface area contributed by atoms with Gasteiger partial charge >= 0.3 is 0 Å². The molecule has 0 aliphatic carbocycles. The zero-order valence-corrected chi connectivity index (χ0v) is 11.7. The second-order valence-corrected chi connectivity index (χ2v) is 4.35. The fourth-order valence-electron chi connectivity index (χ4n) is 1.43. The quantitative estimate of drug-likeness (QED) is 0.883. The molecule has 8 heteroatoms. The van der Waals surface area contributed by atoms with Crippen molar-refractivity contribution in [2.45, 2.75) is 0 Å². The number of anilines is 1. The maximum atomic E-state index is 13.3. The Morgan fingerprint density at radius 2 is 1.95 bits per heavy atom. The summed E-state index contributed by atoms with van der Waals surface area (Å²) in [7, 11) is 1.30. The highest BCUT2D eigenvalue weighted by atomic mass is 35.5. The van der Waals surface area contributed by atoms with Gasteiger partial charge < -0.3 is 10.1 Å². The van der Waals surface area contributed by atoms with Crippen molar-refractivity contribution in [1.82, 2.24) is 9.97 Å². The molecule has 1 amide bonds. The Kier molecular flexibility index (Phi) is 4.36. The molecule has 0 bridgehead atoms. The zero-order valence-electron chi connectivity index (χ0n) is 10.2. The molecule has 104 valence electrons. The molecule has 0 spiro atoms. The minimum absolute atomic E-state index is 0.00688. The Balaban J connectivity index is 2.29. The summed E-state index contributed by atoms with van der Waals surface area (Å²) in [6, 6.07) is 3.69. The summed E-state index contributed by atoms with van der Waals surface area (Å²) in [5, 5.41) is 2.47. The van der Waals surface area contributed by atoms with Gasteiger partial charge in [-0.25, -0.2) is 14.4 Å². The first kappa shape index (κ1) is 14.5. The Morgan fingerprint density at radius 1 is 1.30 bits per heavy atom. The van der Waals surface area contributed by atoms with E-state index in [0.29, 0.717) is 0 Å². The van der Waals surface area contributed by atoms with Crippen LogP contribution in [0.4, 0.5) is 10.1 Å². The van der Waals surface area contributed by atoms with Crippen LogP contribution in [0.15, 0.2) is 24.5 Å². The number of nitrogens with zero attached hydrogens (tertiary/aromatic N) is 2. The van der Waals surface area contributed by atoms with Crippen molar-refractivity contribution in [2.24, 2.45) is 0 Å². The maximum absolute atomic E-state index is 13.3. The second-order valence-electron chi connectivity index (χ2n) is 3.63. The molecule has 20 heavy (non-hydrogen) atoms. The van der Waals surface area contributed by atoms with Crippen LogP contribution >= 0.6 is 23.2 Å². The van der Waals surface area contributed by atoms with Gasteiger partial charge in [-0.1, -0.05) is 23.2 Å². The van der Waals surface area contributed by atoms with Gasteiger partial charge in [0.05, 0.1) is 7.11 Å². The number of rotatable bonds is 3. The molecule has 2 rings (SSSR count). The predicted molar refractivity (Wildman–Crippen MR) is 73.0 cm³/mol. The van der Waals surface area contributed by atoms with Crippen molar-refractivity contribution in [3.8, 4) is 5.75 Å². The first-order valence-corrected chi connectivity index (χ1v) is 6.09. The van der Waals surface area contributed by atoms with Crippen LogP contribution in [-0.4, -0.2) is 23.0 Å². The average molecular weight is 316 g/mol. The van der Waals surface area contributed by atoms with E-state index in [0.717, 1.165) is 6.07 Å². The van der Waals surface area contributed by atoms with Gasteiger partial charge in [-0.15, -0.1) is 0 Å². The fourth-order valence-corrected chi connectivity index (χ4v) is 1.84. The van der Waals surface area contributed by atoms with Crippen molar-refractivity contribution >= 4 is 34.8 Å². The zero-order chi connectivity index (χ0) is 14.7. The van der Waals surface area contributed by atoms with Crippen LogP contribution in [0.5, 0.6) is 5.75 Å². The monoisotopic (exact) mass is 315 g/mol. The molecule has 0 aliphatic rings. The lowest BCUT2D eigenvalue weighted by molar-refractivity contribution is 0.102. The number of benzene rings is 1. The number of carbonyl (C=O) groups is 1. The predicted octanol–water partition coefficient (Wildman–Crippen LogP) is 3.18. The third-order valence-corrected chi connectivity index (χ3v) is 2.98. The largest absolute Gasteiger partial charge is 0.494 e. The summed E-state index contributed by atoms with van der Waals surface area (Å²) in [5.41, 5.74) is 0.267. The van der Waals surface area contributed by atoms with E-state index in [1.54, 1.807) is 0 Å². The lowest BCUT2D eigenvalue weighted by Gasteiger charge is -2.09. The molecule has 2 aromatic rings. The third kappa shape index (κ3) is 2.97. The summed E-state index contributed by atoms with van der Waals surface area (Å²) in [6.45, 7) is 0. The van der Waals surface area contributed by atoms with Gasteiger partial charge in [0.1, 0.15) is 12.0 Å². The van der Waals surface area contributed by atoms with Gasteiger partial charge in [-0.05, 0) is 18.2 Å². The lowest BCUT2D eigenvalue weighted by atomic mass is 10.2. The number of nitrogens with one attached hydrogen (secondary N) is 1. The number of carbonyl (C=O) groups excluding carboxylic acids is 1. The summed E-state index contributed by atoms with van der Waals surface area (Å²) in [5.74, 6) is -1.15. The summed E-state index contributed by atoms with van der Waals surface area (Å²) < 4.78 is 18.1. The number of amides is 1. The van der Waals surface area contributed by atoms with Crippen molar-refractivity contribution in [1.29, 1.82) is 0 Å². The van der Waals surface area contributed by atoms with E-state index >= 15 is 0 Å². The van der Waals surface area contributed by atoms with Crippen molar-refractivity contribution < 1.29 is 13.9 Å². The first-order chi connectivity index (χ1) is 9.52. The van der Waals surface area contributed by atoms with E-state index in [1.807, 2.05) is 0 Å². The van der Waals surface area contributed by atoms with Crippen LogP contribution in [0.1, 0.15) is 10.4 Å². The normalized spacial score (nSPS) is 10.2. The molecular weight excluding hydrogens is 308 g/mol. The van der Waals surface area contributed by atoms with Crippen molar-refractivity contribution in [3.05, 3.63) is 46.2 Å². The Labute approximate surface area is 123 Å². The van der Waals surface area contributed by atoms with E-state index < -0.39 is 11.7 Å². The summed E-state index contributed by atoms with van der Waals surface area (Å²) in [6.07, 6.45) is 1.17. The van der Waals surface area contributed by atoms with Crippen LogP contribution in [0, 0.1) is 5.82 Å². The molecule has 1 N–H and O–H groups in total. The van der Waals surface area contributed by atoms with Crippen LogP contribution in [0.2, 0.25) is 10.3 Å². The topological polar surface area (TPSA) is 64.1 Å². The minimum Gasteiger partial charge on any atom is -0.494 e. The van der Waals surface area contributed by atoms with Gasteiger partial charge in [0.2, 0.25) is 0 Å². The SMILES string of the molecule is COc1cc(C(=O)Nc2c(Cl)ncnc2Cl)ccc1F. The van der Waals surface area contributed by atoms with Gasteiger partial charge in [-0.2, -0.15) is 0 Å². The Bertz CT molecular complexity index is 647. The van der Waals surface area contributed by atoms with E-state index in [1.165, 1.54) is 25.6 Å². The molecule has 0 saturated heterocycles. The number of aromatic nitrogens is 2. The molecule has 1 aromatic heterocycles. The molecule has 0 unspecified atom stereocenters. The van der Waals surface area contributed by atoms with E-state index in [9.17, 15) is 9.18 Å². The minimum atomic E-state index is -0.567. The fraction of sp³-hybridized carbons (Fsp3) is 0.0833. The molecule has 1 heterocycles. The number of ether oxygens (including phenoxy) is 1. The summed E-state index contributed by atoms with van der Waals surface area (Å²) >= 11 is 11.6. The highest BCUT2D eigenvalue weighted by Crippen LogP contribution is 2.27. The van der Waals surface area contributed by atoms with Crippen LogP contribution in [-0.2, 0) is 0 Å². The first-order valence-electron chi connectivity index (χ1n) is 5.34. The lowest BCUT2D eigenvalue weighted by Crippen LogP contribution is -2.13. The van der Waals surface area contributed by atoms with Crippen LogP contribution in [0.3, 0.4) is 0 Å². The third-order valence-electron chi connectivity index (χ3n) is 2.41. The average Bonchev–Trinajstić information content (AvgIpc) is 2.43. The molecule has 0 aliphatic heterocycles. The van der Waals surface area contributed by atoms with Gasteiger partial charge in [-0.3, -0.25) is 4.79 Å². The van der Waals surface area contributed by atoms with Gasteiger partial charge in [0.25, 0.3) is 5.91 Å². The maximum Gasteiger partial charge on any atom is 0.255 e. The van der Waals surface area contributed by atoms with Gasteiger partial charge in [0.15, 0.2) is 21.9 Å². The van der Waals surface area contributed by atoms with Crippen LogP contribution < -0.4 is 10.1 Å². The summed E-state index contributed by atoms with van der Waals surface area (Å²) in [4.78, 5) is 19.4.